The lowest BCUT2D eigenvalue weighted by Gasteiger charge is -2.35. The van der Waals surface area contributed by atoms with Crippen molar-refractivity contribution in [1.29, 1.82) is 10.5 Å². The van der Waals surface area contributed by atoms with Gasteiger partial charge in [-0.1, -0.05) is 0 Å². The van der Waals surface area contributed by atoms with Crippen molar-refractivity contribution < 1.29 is 19.1 Å². The van der Waals surface area contributed by atoms with Crippen LogP contribution in [0.25, 0.3) is 0 Å². The van der Waals surface area contributed by atoms with Gasteiger partial charge in [0.1, 0.15) is 16.9 Å². The van der Waals surface area contributed by atoms with Crippen LogP contribution in [0.1, 0.15) is 48.6 Å². The lowest BCUT2D eigenvalue weighted by molar-refractivity contribution is -0.115. The second-order valence-corrected chi connectivity index (χ2v) is 11.7. The van der Waals surface area contributed by atoms with Gasteiger partial charge < -0.3 is 25.0 Å². The largest absolute Gasteiger partial charge is 0.444 e. The lowest BCUT2D eigenvalue weighted by atomic mass is 10.1. The van der Waals surface area contributed by atoms with Crippen molar-refractivity contribution in [1.82, 2.24) is 25.1 Å². The van der Waals surface area contributed by atoms with Crippen molar-refractivity contribution >= 4 is 23.6 Å². The first-order chi connectivity index (χ1) is 21.9. The molecule has 0 saturated carbocycles. The van der Waals surface area contributed by atoms with Crippen molar-refractivity contribution in [2.75, 3.05) is 44.6 Å². The molecule has 1 aromatic heterocycles. The summed E-state index contributed by atoms with van der Waals surface area (Å²) in [7, 11) is 0. The summed E-state index contributed by atoms with van der Waals surface area (Å²) in [6.07, 6.45) is 1.15. The number of nitrogens with zero attached hydrogens (tertiary/aromatic N) is 6. The highest BCUT2D eigenvalue weighted by Gasteiger charge is 2.25. The van der Waals surface area contributed by atoms with Crippen LogP contribution >= 0.6 is 0 Å². The highest BCUT2D eigenvalue weighted by molar-refractivity contribution is 5.94. The molecule has 0 aliphatic carbocycles. The molecule has 1 aliphatic rings. The van der Waals surface area contributed by atoms with Crippen LogP contribution in [0.2, 0.25) is 0 Å². The zero-order chi connectivity index (χ0) is 33.3. The van der Waals surface area contributed by atoms with Crippen molar-refractivity contribution in [3.05, 3.63) is 70.4 Å². The third-order valence-electron chi connectivity index (χ3n) is 6.86. The van der Waals surface area contributed by atoms with Gasteiger partial charge in [0.2, 0.25) is 11.8 Å². The Labute approximate surface area is 269 Å². The van der Waals surface area contributed by atoms with Gasteiger partial charge in [0.15, 0.2) is 0 Å². The standard InChI is InChI=1S/C34H36N8O4/c1-23-18-26(21-36)19-24(2)30(23)45-31-27(22-38-32(40-31)39-28-9-6-25(20-35)7-10-28)8-11-29(43)37-12-13-41-14-16-42(17-15-41)33(44)46-34(3,4)5/h6-7,9-10,18-19,22H,12-17H2,1-5H3,(H,37,43)(H,38,39,40). The number of carbonyl (C=O) groups excluding carboxylic acids is 2. The second kappa shape index (κ2) is 14.9. The number of aromatic nitrogens is 2. The molecule has 1 fully saturated rings. The number of benzene rings is 2. The van der Waals surface area contributed by atoms with Crippen LogP contribution in [0.5, 0.6) is 11.6 Å². The lowest BCUT2D eigenvalue weighted by Crippen LogP contribution is -2.51. The van der Waals surface area contributed by atoms with Crippen LogP contribution in [-0.4, -0.2) is 76.6 Å². The molecule has 2 aromatic carbocycles. The molecule has 1 aliphatic heterocycles. The fraction of sp³-hybridized carbons (Fsp3) is 0.353. The summed E-state index contributed by atoms with van der Waals surface area (Å²) in [6.45, 7) is 12.7. The zero-order valence-electron chi connectivity index (χ0n) is 26.6. The summed E-state index contributed by atoms with van der Waals surface area (Å²) < 4.78 is 11.7. The van der Waals surface area contributed by atoms with E-state index >= 15 is 0 Å². The van der Waals surface area contributed by atoms with Gasteiger partial charge in [0, 0.05) is 50.9 Å². The van der Waals surface area contributed by atoms with Crippen LogP contribution < -0.4 is 15.4 Å². The molecule has 236 valence electrons. The molecular weight excluding hydrogens is 584 g/mol. The molecule has 0 atom stereocenters. The molecule has 2 N–H and O–H groups in total. The Kier molecular flexibility index (Phi) is 10.8. The Hall–Kier alpha value is -5.64. The summed E-state index contributed by atoms with van der Waals surface area (Å²) in [5, 5.41) is 24.3. The number of rotatable bonds is 7. The minimum absolute atomic E-state index is 0.130. The van der Waals surface area contributed by atoms with E-state index < -0.39 is 11.5 Å². The normalized spacial score (nSPS) is 13.0. The molecule has 0 unspecified atom stereocenters. The van der Waals surface area contributed by atoms with Gasteiger partial charge in [0.25, 0.3) is 5.91 Å². The fourth-order valence-electron chi connectivity index (χ4n) is 4.60. The first-order valence-corrected chi connectivity index (χ1v) is 14.8. The predicted molar refractivity (Wildman–Crippen MR) is 171 cm³/mol. The van der Waals surface area contributed by atoms with Crippen molar-refractivity contribution in [3.63, 3.8) is 0 Å². The van der Waals surface area contributed by atoms with Gasteiger partial charge in [-0.15, -0.1) is 0 Å². The van der Waals surface area contributed by atoms with Crippen LogP contribution in [0.3, 0.4) is 0 Å². The molecule has 12 nitrogen and oxygen atoms in total. The van der Waals surface area contributed by atoms with Crippen LogP contribution in [0.4, 0.5) is 16.4 Å². The number of aryl methyl sites for hydroxylation is 2. The van der Waals surface area contributed by atoms with Crippen molar-refractivity contribution in [2.24, 2.45) is 0 Å². The Morgan fingerprint density at radius 2 is 1.63 bits per heavy atom. The number of piperazine rings is 1. The highest BCUT2D eigenvalue weighted by atomic mass is 16.6. The molecule has 2 amide bonds. The molecule has 12 heteroatoms. The molecule has 3 aromatic rings. The maximum absolute atomic E-state index is 12.6. The van der Waals surface area contributed by atoms with E-state index in [1.165, 1.54) is 6.20 Å². The van der Waals surface area contributed by atoms with Crippen molar-refractivity contribution in [2.45, 2.75) is 40.2 Å². The number of hydrogen-bond acceptors (Lipinski definition) is 10. The number of anilines is 2. The number of amides is 2. The maximum atomic E-state index is 12.6. The van der Waals surface area contributed by atoms with Crippen LogP contribution in [0, 0.1) is 48.4 Å². The van der Waals surface area contributed by atoms with Crippen molar-refractivity contribution in [3.8, 4) is 35.6 Å². The van der Waals surface area contributed by atoms with Gasteiger partial charge in [-0.05, 0) is 88.1 Å². The molecule has 2 heterocycles. The molecule has 0 bridgehead atoms. The highest BCUT2D eigenvalue weighted by Crippen LogP contribution is 2.31. The van der Waals surface area contributed by atoms with Crippen LogP contribution in [0.15, 0.2) is 42.6 Å². The van der Waals surface area contributed by atoms with Gasteiger partial charge in [-0.2, -0.15) is 15.5 Å². The fourth-order valence-corrected chi connectivity index (χ4v) is 4.60. The summed E-state index contributed by atoms with van der Waals surface area (Å²) in [5.74, 6) is 5.82. The minimum atomic E-state index is -0.537. The number of hydrogen-bond donors (Lipinski definition) is 2. The summed E-state index contributed by atoms with van der Waals surface area (Å²) in [5.41, 5.74) is 2.93. The Balaban J connectivity index is 1.42. The topological polar surface area (TPSA) is 156 Å². The number of nitrogens with one attached hydrogen (secondary N) is 2. The molecule has 1 saturated heterocycles. The average molecular weight is 621 g/mol. The first kappa shape index (κ1) is 33.3. The first-order valence-electron chi connectivity index (χ1n) is 14.8. The second-order valence-electron chi connectivity index (χ2n) is 11.7. The van der Waals surface area contributed by atoms with E-state index in [-0.39, 0.29) is 17.9 Å². The number of carbonyl (C=O) groups is 2. The van der Waals surface area contributed by atoms with E-state index in [1.807, 2.05) is 34.6 Å². The predicted octanol–water partition coefficient (Wildman–Crippen LogP) is 4.39. The van der Waals surface area contributed by atoms with Gasteiger partial charge in [-0.25, -0.2) is 9.78 Å². The maximum Gasteiger partial charge on any atom is 0.410 e. The molecule has 0 radical (unpaired) electrons. The van der Waals surface area contributed by atoms with E-state index in [2.05, 4.69) is 49.5 Å². The third-order valence-corrected chi connectivity index (χ3v) is 6.86. The monoisotopic (exact) mass is 620 g/mol. The molecule has 46 heavy (non-hydrogen) atoms. The summed E-state index contributed by atoms with van der Waals surface area (Å²) in [6, 6.07) is 14.5. The molecule has 4 rings (SSSR count). The van der Waals surface area contributed by atoms with E-state index in [4.69, 9.17) is 14.7 Å². The van der Waals surface area contributed by atoms with Crippen LogP contribution in [-0.2, 0) is 9.53 Å². The Morgan fingerprint density at radius 1 is 0.978 bits per heavy atom. The van der Waals surface area contributed by atoms with Gasteiger partial charge in [-0.3, -0.25) is 9.69 Å². The Morgan fingerprint density at radius 3 is 2.24 bits per heavy atom. The SMILES string of the molecule is Cc1cc(C#N)cc(C)c1Oc1nc(Nc2ccc(C#N)cc2)ncc1C#CC(=O)NCCN1CCN(C(=O)OC(C)(C)C)CC1. The summed E-state index contributed by atoms with van der Waals surface area (Å²) in [4.78, 5) is 37.6. The van der Waals surface area contributed by atoms with Gasteiger partial charge in [0.05, 0.1) is 29.5 Å². The third kappa shape index (κ3) is 9.43. The average Bonchev–Trinajstić information content (AvgIpc) is 3.02. The Bertz CT molecular complexity index is 1710. The smallest absolute Gasteiger partial charge is 0.410 e. The zero-order valence-corrected chi connectivity index (χ0v) is 26.6. The molecule has 0 spiro atoms. The quantitative estimate of drug-likeness (QED) is 0.363. The number of ether oxygens (including phenoxy) is 2. The number of nitriles is 2. The van der Waals surface area contributed by atoms with Gasteiger partial charge >= 0.3 is 6.09 Å². The minimum Gasteiger partial charge on any atom is -0.444 e. The molecular formula is C34H36N8O4. The van der Waals surface area contributed by atoms with E-state index in [1.54, 1.807) is 41.3 Å². The van der Waals surface area contributed by atoms with E-state index in [0.717, 1.165) is 11.1 Å². The van der Waals surface area contributed by atoms with E-state index in [9.17, 15) is 14.9 Å². The summed E-state index contributed by atoms with van der Waals surface area (Å²) >= 11 is 0. The van der Waals surface area contributed by atoms with E-state index in [0.29, 0.717) is 67.4 Å².